The number of para-hydroxylation sites is 1. The van der Waals surface area contributed by atoms with E-state index >= 15 is 0 Å². The van der Waals surface area contributed by atoms with E-state index in [1.54, 1.807) is 55.3 Å². The standard InChI is InChI=1S/C21H23FN2O4/c1-15-13-16(27-2)7-8-17(15)21(26)28-14-20(25)24-11-9-23(10-12-24)19-6-4-3-5-18(19)22/h3-8,13H,9-12,14H2,1-2H3. The van der Waals surface area contributed by atoms with Gasteiger partial charge in [0.15, 0.2) is 6.61 Å². The quantitative estimate of drug-likeness (QED) is 0.740. The van der Waals surface area contributed by atoms with Gasteiger partial charge in [-0.3, -0.25) is 4.79 Å². The molecule has 0 aliphatic carbocycles. The minimum Gasteiger partial charge on any atom is -0.497 e. The van der Waals surface area contributed by atoms with Gasteiger partial charge in [-0.05, 0) is 42.8 Å². The molecule has 2 aromatic carbocycles. The summed E-state index contributed by atoms with van der Waals surface area (Å²) in [6.45, 7) is 3.42. The van der Waals surface area contributed by atoms with E-state index in [0.29, 0.717) is 43.2 Å². The fourth-order valence-electron chi connectivity index (χ4n) is 3.19. The first-order valence-corrected chi connectivity index (χ1v) is 9.08. The molecule has 1 amide bonds. The van der Waals surface area contributed by atoms with Crippen LogP contribution in [0.2, 0.25) is 0 Å². The monoisotopic (exact) mass is 386 g/mol. The molecule has 28 heavy (non-hydrogen) atoms. The first kappa shape index (κ1) is 19.7. The highest BCUT2D eigenvalue weighted by atomic mass is 19.1. The maximum atomic E-state index is 13.9. The molecule has 1 aliphatic rings. The zero-order valence-corrected chi connectivity index (χ0v) is 16.0. The zero-order chi connectivity index (χ0) is 20.1. The summed E-state index contributed by atoms with van der Waals surface area (Å²) in [6.07, 6.45) is 0. The van der Waals surface area contributed by atoms with Crippen LogP contribution in [-0.2, 0) is 9.53 Å². The number of methoxy groups -OCH3 is 1. The molecule has 0 bridgehead atoms. The molecule has 0 spiro atoms. The minimum atomic E-state index is -0.543. The Morgan fingerprint density at radius 3 is 2.43 bits per heavy atom. The van der Waals surface area contributed by atoms with Gasteiger partial charge in [0.05, 0.1) is 18.4 Å². The molecule has 1 fully saturated rings. The zero-order valence-electron chi connectivity index (χ0n) is 16.0. The number of benzene rings is 2. The van der Waals surface area contributed by atoms with Crippen LogP contribution in [-0.4, -0.2) is 56.7 Å². The van der Waals surface area contributed by atoms with Crippen LogP contribution in [0.5, 0.6) is 5.75 Å². The minimum absolute atomic E-state index is 0.257. The van der Waals surface area contributed by atoms with E-state index in [9.17, 15) is 14.0 Å². The molecule has 0 aromatic heterocycles. The number of hydrogen-bond acceptors (Lipinski definition) is 5. The lowest BCUT2D eigenvalue weighted by molar-refractivity contribution is -0.134. The molecule has 0 radical (unpaired) electrons. The van der Waals surface area contributed by atoms with Crippen LogP contribution in [0.1, 0.15) is 15.9 Å². The number of anilines is 1. The molecule has 0 unspecified atom stereocenters. The fraction of sp³-hybridized carbons (Fsp3) is 0.333. The molecule has 6 nitrogen and oxygen atoms in total. The molecule has 3 rings (SSSR count). The second kappa shape index (κ2) is 8.73. The van der Waals surface area contributed by atoms with Crippen molar-refractivity contribution in [2.75, 3.05) is 44.8 Å². The highest BCUT2D eigenvalue weighted by Crippen LogP contribution is 2.20. The third-order valence-corrected chi connectivity index (χ3v) is 4.81. The molecule has 0 atom stereocenters. The van der Waals surface area contributed by atoms with Crippen molar-refractivity contribution in [2.24, 2.45) is 0 Å². The van der Waals surface area contributed by atoms with Crippen molar-refractivity contribution in [1.82, 2.24) is 4.90 Å². The van der Waals surface area contributed by atoms with E-state index in [-0.39, 0.29) is 18.3 Å². The molecule has 1 aliphatic heterocycles. The molecule has 7 heteroatoms. The Morgan fingerprint density at radius 1 is 1.07 bits per heavy atom. The van der Waals surface area contributed by atoms with E-state index in [1.165, 1.54) is 6.07 Å². The lowest BCUT2D eigenvalue weighted by Crippen LogP contribution is -2.50. The second-order valence-electron chi connectivity index (χ2n) is 6.58. The summed E-state index contributed by atoms with van der Waals surface area (Å²) in [5, 5.41) is 0. The molecule has 148 valence electrons. The number of aryl methyl sites for hydroxylation is 1. The van der Waals surface area contributed by atoms with Crippen molar-refractivity contribution >= 4 is 17.6 Å². The number of rotatable bonds is 5. The topological polar surface area (TPSA) is 59.1 Å². The molecular formula is C21H23FN2O4. The van der Waals surface area contributed by atoms with Gasteiger partial charge in [0.1, 0.15) is 11.6 Å². The van der Waals surface area contributed by atoms with Gasteiger partial charge in [-0.2, -0.15) is 0 Å². The van der Waals surface area contributed by atoms with Crippen LogP contribution in [0.25, 0.3) is 0 Å². The van der Waals surface area contributed by atoms with Gasteiger partial charge in [-0.25, -0.2) is 9.18 Å². The summed E-state index contributed by atoms with van der Waals surface area (Å²) >= 11 is 0. The van der Waals surface area contributed by atoms with Crippen LogP contribution in [0.15, 0.2) is 42.5 Å². The Morgan fingerprint density at radius 2 is 1.79 bits per heavy atom. The Hall–Kier alpha value is -3.09. The van der Waals surface area contributed by atoms with Crippen molar-refractivity contribution in [1.29, 1.82) is 0 Å². The van der Waals surface area contributed by atoms with E-state index in [1.807, 2.05) is 4.90 Å². The first-order valence-electron chi connectivity index (χ1n) is 9.08. The largest absolute Gasteiger partial charge is 0.497 e. The third kappa shape index (κ3) is 4.42. The molecular weight excluding hydrogens is 363 g/mol. The average molecular weight is 386 g/mol. The van der Waals surface area contributed by atoms with Crippen molar-refractivity contribution < 1.29 is 23.5 Å². The average Bonchev–Trinajstić information content (AvgIpc) is 2.72. The van der Waals surface area contributed by atoms with Crippen LogP contribution in [0.4, 0.5) is 10.1 Å². The van der Waals surface area contributed by atoms with Crippen LogP contribution >= 0.6 is 0 Å². The number of halogens is 1. The maximum Gasteiger partial charge on any atom is 0.338 e. The normalized spacial score (nSPS) is 14.0. The highest BCUT2D eigenvalue weighted by Gasteiger charge is 2.23. The maximum absolute atomic E-state index is 13.9. The number of nitrogens with zero attached hydrogens (tertiary/aromatic N) is 2. The lowest BCUT2D eigenvalue weighted by Gasteiger charge is -2.36. The number of esters is 1. The van der Waals surface area contributed by atoms with Gasteiger partial charge >= 0.3 is 5.97 Å². The van der Waals surface area contributed by atoms with E-state index < -0.39 is 5.97 Å². The van der Waals surface area contributed by atoms with Gasteiger partial charge in [0.25, 0.3) is 5.91 Å². The molecule has 1 heterocycles. The molecule has 0 saturated carbocycles. The fourth-order valence-corrected chi connectivity index (χ4v) is 3.19. The summed E-state index contributed by atoms with van der Waals surface area (Å²) in [5.41, 5.74) is 1.66. The number of piperazine rings is 1. The van der Waals surface area contributed by atoms with E-state index in [0.717, 1.165) is 5.56 Å². The third-order valence-electron chi connectivity index (χ3n) is 4.81. The van der Waals surface area contributed by atoms with Crippen LogP contribution in [0, 0.1) is 12.7 Å². The van der Waals surface area contributed by atoms with Crippen molar-refractivity contribution in [3.05, 3.63) is 59.4 Å². The molecule has 0 N–H and O–H groups in total. The second-order valence-corrected chi connectivity index (χ2v) is 6.58. The van der Waals surface area contributed by atoms with Gasteiger partial charge in [-0.15, -0.1) is 0 Å². The Bertz CT molecular complexity index is 863. The Balaban J connectivity index is 1.51. The summed E-state index contributed by atoms with van der Waals surface area (Å²) in [6, 6.07) is 11.6. The first-order chi connectivity index (χ1) is 13.5. The SMILES string of the molecule is COc1ccc(C(=O)OCC(=O)N2CCN(c3ccccc3F)CC2)c(C)c1. The molecule has 1 saturated heterocycles. The molecule has 2 aromatic rings. The van der Waals surface area contributed by atoms with Crippen LogP contribution in [0.3, 0.4) is 0 Å². The van der Waals surface area contributed by atoms with Gasteiger partial charge in [-0.1, -0.05) is 12.1 Å². The Kier molecular flexibility index (Phi) is 6.13. The number of carbonyl (C=O) groups is 2. The van der Waals surface area contributed by atoms with Crippen molar-refractivity contribution in [3.8, 4) is 5.75 Å². The van der Waals surface area contributed by atoms with Gasteiger partial charge in [0.2, 0.25) is 0 Å². The van der Waals surface area contributed by atoms with Crippen LogP contribution < -0.4 is 9.64 Å². The van der Waals surface area contributed by atoms with Crippen molar-refractivity contribution in [2.45, 2.75) is 6.92 Å². The van der Waals surface area contributed by atoms with E-state index in [2.05, 4.69) is 0 Å². The lowest BCUT2D eigenvalue weighted by atomic mass is 10.1. The van der Waals surface area contributed by atoms with E-state index in [4.69, 9.17) is 9.47 Å². The highest BCUT2D eigenvalue weighted by molar-refractivity contribution is 5.92. The summed E-state index contributed by atoms with van der Waals surface area (Å²) in [5.74, 6) is -0.421. The summed E-state index contributed by atoms with van der Waals surface area (Å²) in [7, 11) is 1.55. The number of ether oxygens (including phenoxy) is 2. The van der Waals surface area contributed by atoms with Crippen molar-refractivity contribution in [3.63, 3.8) is 0 Å². The Labute approximate surface area is 163 Å². The number of carbonyl (C=O) groups excluding carboxylic acids is 2. The predicted octanol–water partition coefficient (Wildman–Crippen LogP) is 2.65. The number of hydrogen-bond donors (Lipinski definition) is 0. The van der Waals surface area contributed by atoms with Gasteiger partial charge in [0, 0.05) is 26.2 Å². The number of amides is 1. The predicted molar refractivity (Wildman–Crippen MR) is 103 cm³/mol. The smallest absolute Gasteiger partial charge is 0.338 e. The summed E-state index contributed by atoms with van der Waals surface area (Å²) < 4.78 is 24.2. The summed E-state index contributed by atoms with van der Waals surface area (Å²) in [4.78, 5) is 28.1. The van der Waals surface area contributed by atoms with Gasteiger partial charge < -0.3 is 19.3 Å².